The van der Waals surface area contributed by atoms with Gasteiger partial charge in [-0.2, -0.15) is 4.31 Å². The molecule has 1 amide bonds. The van der Waals surface area contributed by atoms with Crippen LogP contribution in [-0.2, 0) is 27.7 Å². The van der Waals surface area contributed by atoms with Crippen molar-refractivity contribution < 1.29 is 17.9 Å². The Morgan fingerprint density at radius 1 is 1.29 bits per heavy atom. The maximum Gasteiger partial charge on any atom is 0.263 e. The van der Waals surface area contributed by atoms with Crippen molar-refractivity contribution >= 4 is 38.6 Å². The van der Waals surface area contributed by atoms with Gasteiger partial charge in [0.25, 0.3) is 15.9 Å². The summed E-state index contributed by atoms with van der Waals surface area (Å²) in [6, 6.07) is 3.36. The van der Waals surface area contributed by atoms with E-state index in [1.54, 1.807) is 12.1 Å². The zero-order chi connectivity index (χ0) is 20.3. The number of ether oxygens (including phenoxy) is 1. The highest BCUT2D eigenvalue weighted by Crippen LogP contribution is 2.26. The van der Waals surface area contributed by atoms with Crippen LogP contribution in [0.5, 0.6) is 0 Å². The summed E-state index contributed by atoms with van der Waals surface area (Å²) in [6.07, 6.45) is 0.854. The second-order valence-corrected chi connectivity index (χ2v) is 11.5. The molecular weight excluding hydrogens is 418 g/mol. The van der Waals surface area contributed by atoms with Gasteiger partial charge in [0.2, 0.25) is 0 Å². The van der Waals surface area contributed by atoms with Crippen molar-refractivity contribution in [2.45, 2.75) is 37.9 Å². The second-order valence-electron chi connectivity index (χ2n) is 7.04. The number of aromatic nitrogens is 1. The molecule has 1 N–H and O–H groups in total. The summed E-state index contributed by atoms with van der Waals surface area (Å²) in [7, 11) is -3.50. The van der Waals surface area contributed by atoms with Gasteiger partial charge in [-0.05, 0) is 25.0 Å². The summed E-state index contributed by atoms with van der Waals surface area (Å²) >= 11 is 2.62. The number of amides is 1. The van der Waals surface area contributed by atoms with Gasteiger partial charge in [0.1, 0.15) is 9.09 Å². The van der Waals surface area contributed by atoms with Crippen molar-refractivity contribution in [3.8, 4) is 0 Å². The standard InChI is InChI=1S/C18H25N3O4S3/c1-12(2)10-15-20-13(3)17(27-15)18(22)19-11-14-4-5-16(26-14)28(23,24)21-6-8-25-9-7-21/h4-5,12H,6-11H2,1-3H3,(H,19,22). The molecule has 2 aromatic heterocycles. The van der Waals surface area contributed by atoms with E-state index in [2.05, 4.69) is 24.1 Å². The summed E-state index contributed by atoms with van der Waals surface area (Å²) in [4.78, 5) is 18.4. The first-order chi connectivity index (χ1) is 13.3. The monoisotopic (exact) mass is 443 g/mol. The van der Waals surface area contributed by atoms with Crippen LogP contribution in [0.4, 0.5) is 0 Å². The fourth-order valence-electron chi connectivity index (χ4n) is 2.85. The van der Waals surface area contributed by atoms with Crippen LogP contribution < -0.4 is 5.32 Å². The molecule has 0 bridgehead atoms. The molecule has 0 saturated carbocycles. The fraction of sp³-hybridized carbons (Fsp3) is 0.556. The lowest BCUT2D eigenvalue weighted by atomic mass is 10.1. The number of hydrogen-bond acceptors (Lipinski definition) is 7. The average Bonchev–Trinajstić information content (AvgIpc) is 3.27. The molecule has 0 aromatic carbocycles. The van der Waals surface area contributed by atoms with Gasteiger partial charge in [-0.3, -0.25) is 4.79 Å². The van der Waals surface area contributed by atoms with Crippen LogP contribution in [0, 0.1) is 12.8 Å². The minimum Gasteiger partial charge on any atom is -0.379 e. The number of carbonyl (C=O) groups excluding carboxylic acids is 1. The van der Waals surface area contributed by atoms with E-state index in [9.17, 15) is 13.2 Å². The van der Waals surface area contributed by atoms with Crippen molar-refractivity contribution in [2.75, 3.05) is 26.3 Å². The van der Waals surface area contributed by atoms with E-state index in [1.165, 1.54) is 27.0 Å². The lowest BCUT2D eigenvalue weighted by Crippen LogP contribution is -2.40. The molecule has 10 heteroatoms. The largest absolute Gasteiger partial charge is 0.379 e. The molecule has 2 aromatic rings. The molecule has 154 valence electrons. The lowest BCUT2D eigenvalue weighted by molar-refractivity contribution is 0.0731. The van der Waals surface area contributed by atoms with Crippen LogP contribution in [0.1, 0.15) is 39.1 Å². The predicted molar refractivity (Wildman–Crippen MR) is 110 cm³/mol. The van der Waals surface area contributed by atoms with Gasteiger partial charge < -0.3 is 10.1 Å². The number of aryl methyl sites for hydroxylation is 1. The molecule has 0 atom stereocenters. The normalized spacial score (nSPS) is 15.9. The molecule has 28 heavy (non-hydrogen) atoms. The highest BCUT2D eigenvalue weighted by molar-refractivity contribution is 7.91. The number of nitrogens with one attached hydrogen (secondary N) is 1. The van der Waals surface area contributed by atoms with Gasteiger partial charge in [0.15, 0.2) is 0 Å². The zero-order valence-electron chi connectivity index (χ0n) is 16.2. The van der Waals surface area contributed by atoms with Crippen molar-refractivity contribution in [1.29, 1.82) is 0 Å². The molecule has 1 aliphatic heterocycles. The third-order valence-electron chi connectivity index (χ3n) is 4.25. The number of nitrogens with zero attached hydrogens (tertiary/aromatic N) is 2. The zero-order valence-corrected chi connectivity index (χ0v) is 18.7. The lowest BCUT2D eigenvalue weighted by Gasteiger charge is -2.25. The molecule has 3 heterocycles. The molecule has 1 aliphatic rings. The van der Waals surface area contributed by atoms with Crippen LogP contribution in [-0.4, -0.2) is 49.9 Å². The minimum absolute atomic E-state index is 0.170. The number of thiazole rings is 1. The second kappa shape index (κ2) is 9.00. The number of morpholine rings is 1. The summed E-state index contributed by atoms with van der Waals surface area (Å²) in [5, 5.41) is 3.85. The Morgan fingerprint density at radius 2 is 2.00 bits per heavy atom. The van der Waals surface area contributed by atoms with Gasteiger partial charge >= 0.3 is 0 Å². The SMILES string of the molecule is Cc1nc(CC(C)C)sc1C(=O)NCc1ccc(S(=O)(=O)N2CCOCC2)s1. The van der Waals surface area contributed by atoms with Crippen LogP contribution in [0.15, 0.2) is 16.3 Å². The summed E-state index contributed by atoms with van der Waals surface area (Å²) in [5.74, 6) is 0.315. The summed E-state index contributed by atoms with van der Waals surface area (Å²) in [6.45, 7) is 7.95. The van der Waals surface area contributed by atoms with Gasteiger partial charge in [0, 0.05) is 24.4 Å². The molecule has 3 rings (SSSR count). The third kappa shape index (κ3) is 4.98. The fourth-order valence-corrected chi connectivity index (χ4v) is 6.90. The van der Waals surface area contributed by atoms with Crippen molar-refractivity contribution in [2.24, 2.45) is 5.92 Å². The van der Waals surface area contributed by atoms with E-state index >= 15 is 0 Å². The van der Waals surface area contributed by atoms with Gasteiger partial charge in [-0.1, -0.05) is 13.8 Å². The Balaban J connectivity index is 1.63. The molecule has 0 aliphatic carbocycles. The first kappa shape index (κ1) is 21.4. The van der Waals surface area contributed by atoms with E-state index in [0.29, 0.717) is 47.9 Å². The van der Waals surface area contributed by atoms with E-state index in [0.717, 1.165) is 22.0 Å². The average molecular weight is 444 g/mol. The molecule has 0 radical (unpaired) electrons. The first-order valence-corrected chi connectivity index (χ1v) is 12.3. The molecule has 7 nitrogen and oxygen atoms in total. The summed E-state index contributed by atoms with van der Waals surface area (Å²) in [5.41, 5.74) is 0.736. The number of carbonyl (C=O) groups is 1. The Morgan fingerprint density at radius 3 is 2.68 bits per heavy atom. The Kier molecular flexibility index (Phi) is 6.87. The Bertz CT molecular complexity index is 928. The van der Waals surface area contributed by atoms with Crippen molar-refractivity contribution in [3.63, 3.8) is 0 Å². The highest BCUT2D eigenvalue weighted by atomic mass is 32.2. The maximum atomic E-state index is 12.7. The number of sulfonamides is 1. The number of rotatable bonds is 7. The quantitative estimate of drug-likeness (QED) is 0.711. The van der Waals surface area contributed by atoms with E-state index in [-0.39, 0.29) is 5.91 Å². The molecular formula is C18H25N3O4S3. The van der Waals surface area contributed by atoms with Crippen LogP contribution in [0.25, 0.3) is 0 Å². The topological polar surface area (TPSA) is 88.6 Å². The molecule has 0 unspecified atom stereocenters. The molecule has 1 saturated heterocycles. The van der Waals surface area contributed by atoms with Crippen LogP contribution in [0.3, 0.4) is 0 Å². The van der Waals surface area contributed by atoms with Crippen LogP contribution >= 0.6 is 22.7 Å². The van der Waals surface area contributed by atoms with Crippen LogP contribution in [0.2, 0.25) is 0 Å². The number of hydrogen-bond donors (Lipinski definition) is 1. The minimum atomic E-state index is -3.50. The van der Waals surface area contributed by atoms with E-state index in [4.69, 9.17) is 4.74 Å². The highest BCUT2D eigenvalue weighted by Gasteiger charge is 2.27. The Labute approximate surface area is 173 Å². The van der Waals surface area contributed by atoms with Gasteiger partial charge in [-0.15, -0.1) is 22.7 Å². The molecule has 0 spiro atoms. The van der Waals surface area contributed by atoms with Crippen molar-refractivity contribution in [3.05, 3.63) is 32.6 Å². The van der Waals surface area contributed by atoms with E-state index < -0.39 is 10.0 Å². The first-order valence-electron chi connectivity index (χ1n) is 9.18. The Hall–Kier alpha value is -1.33. The third-order valence-corrected chi connectivity index (χ3v) is 8.88. The summed E-state index contributed by atoms with van der Waals surface area (Å²) < 4.78 is 32.3. The van der Waals surface area contributed by atoms with Crippen molar-refractivity contribution in [1.82, 2.24) is 14.6 Å². The van der Waals surface area contributed by atoms with Gasteiger partial charge in [0.05, 0.1) is 30.5 Å². The van der Waals surface area contributed by atoms with E-state index in [1.807, 2.05) is 6.92 Å². The smallest absolute Gasteiger partial charge is 0.263 e. The van der Waals surface area contributed by atoms with Gasteiger partial charge in [-0.25, -0.2) is 13.4 Å². The predicted octanol–water partition coefficient (Wildman–Crippen LogP) is 2.66. The maximum absolute atomic E-state index is 12.7. The number of thiophene rings is 1. The molecule has 1 fully saturated rings.